The lowest BCUT2D eigenvalue weighted by Gasteiger charge is -2.09. The third-order valence-electron chi connectivity index (χ3n) is 3.96. The quantitative estimate of drug-likeness (QED) is 0.313. The lowest BCUT2D eigenvalue weighted by Crippen LogP contribution is -2.20. The molecule has 0 bridgehead atoms. The van der Waals surface area contributed by atoms with Crippen molar-refractivity contribution in [3.05, 3.63) is 63.7 Å². The Bertz CT molecular complexity index is 954. The summed E-state index contributed by atoms with van der Waals surface area (Å²) in [5, 5.41) is 13.4. The van der Waals surface area contributed by atoms with E-state index in [1.165, 1.54) is 45.4 Å². The molecule has 2 aromatic carbocycles. The average Bonchev–Trinajstić information content (AvgIpc) is 2.71. The lowest BCUT2D eigenvalue weighted by atomic mass is 10.1. The first-order valence-electron chi connectivity index (χ1n) is 8.46. The van der Waals surface area contributed by atoms with Crippen molar-refractivity contribution >= 4 is 29.3 Å². The zero-order valence-corrected chi connectivity index (χ0v) is 16.1. The predicted molar refractivity (Wildman–Crippen MR) is 106 cm³/mol. The molecule has 0 aliphatic heterocycles. The van der Waals surface area contributed by atoms with Crippen LogP contribution < -0.4 is 14.8 Å². The molecule has 0 spiro atoms. The minimum atomic E-state index is -0.735. The third kappa shape index (κ3) is 5.80. The smallest absolute Gasteiger partial charge is 0.331 e. The van der Waals surface area contributed by atoms with E-state index >= 15 is 0 Å². The van der Waals surface area contributed by atoms with Gasteiger partial charge in [0.25, 0.3) is 11.6 Å². The highest BCUT2D eigenvalue weighted by Gasteiger charge is 2.15. The fraction of sp³-hybridized carbons (Fsp3) is 0.200. The highest BCUT2D eigenvalue weighted by atomic mass is 16.6. The number of carbonyl (C=O) groups is 2. The number of nitrogens with one attached hydrogen (secondary N) is 1. The number of methoxy groups -OCH3 is 2. The van der Waals surface area contributed by atoms with Crippen LogP contribution in [0.5, 0.6) is 11.5 Å². The van der Waals surface area contributed by atoms with E-state index in [2.05, 4.69) is 5.32 Å². The summed E-state index contributed by atoms with van der Waals surface area (Å²) in [6.07, 6.45) is 2.63. The van der Waals surface area contributed by atoms with Gasteiger partial charge in [0.15, 0.2) is 6.61 Å². The number of rotatable bonds is 8. The minimum absolute atomic E-state index is 0.116. The second-order valence-electron chi connectivity index (χ2n) is 5.80. The Hall–Kier alpha value is -3.88. The van der Waals surface area contributed by atoms with E-state index in [9.17, 15) is 19.7 Å². The summed E-state index contributed by atoms with van der Waals surface area (Å²) in [6, 6.07) is 9.41. The summed E-state index contributed by atoms with van der Waals surface area (Å²) < 4.78 is 15.2. The first-order valence-corrected chi connectivity index (χ1v) is 8.46. The molecule has 0 fully saturated rings. The molecule has 0 unspecified atom stereocenters. The second-order valence-corrected chi connectivity index (χ2v) is 5.80. The number of nitrogens with zero attached hydrogens (tertiary/aromatic N) is 1. The Balaban J connectivity index is 1.96. The Labute approximate surface area is 167 Å². The molecule has 0 radical (unpaired) electrons. The Morgan fingerprint density at radius 3 is 2.59 bits per heavy atom. The zero-order valence-electron chi connectivity index (χ0n) is 16.1. The van der Waals surface area contributed by atoms with Gasteiger partial charge in [0.2, 0.25) is 0 Å². The Morgan fingerprint density at radius 1 is 1.17 bits per heavy atom. The molecule has 9 nitrogen and oxygen atoms in total. The van der Waals surface area contributed by atoms with Crippen molar-refractivity contribution < 1.29 is 28.7 Å². The molecule has 152 valence electrons. The Kier molecular flexibility index (Phi) is 7.30. The van der Waals surface area contributed by atoms with Gasteiger partial charge in [-0.2, -0.15) is 0 Å². The van der Waals surface area contributed by atoms with E-state index in [1.54, 1.807) is 18.2 Å². The number of carbonyl (C=O) groups excluding carboxylic acids is 2. The molecule has 1 N–H and O–H groups in total. The molecule has 0 heterocycles. The second kappa shape index (κ2) is 9.88. The van der Waals surface area contributed by atoms with Crippen molar-refractivity contribution in [2.24, 2.45) is 0 Å². The van der Waals surface area contributed by atoms with Gasteiger partial charge in [-0.25, -0.2) is 4.79 Å². The van der Waals surface area contributed by atoms with Gasteiger partial charge in [0.1, 0.15) is 11.5 Å². The monoisotopic (exact) mass is 400 g/mol. The molecule has 29 heavy (non-hydrogen) atoms. The van der Waals surface area contributed by atoms with Crippen molar-refractivity contribution in [1.29, 1.82) is 0 Å². The summed E-state index contributed by atoms with van der Waals surface area (Å²) in [6.45, 7) is 0.977. The molecule has 0 atom stereocenters. The molecule has 2 aromatic rings. The number of hydrogen-bond acceptors (Lipinski definition) is 7. The van der Waals surface area contributed by atoms with Gasteiger partial charge in [0, 0.05) is 17.7 Å². The van der Waals surface area contributed by atoms with Gasteiger partial charge >= 0.3 is 5.97 Å². The summed E-state index contributed by atoms with van der Waals surface area (Å²) in [7, 11) is 3.02. The number of esters is 1. The van der Waals surface area contributed by atoms with Crippen LogP contribution in [0.3, 0.4) is 0 Å². The number of anilines is 1. The standard InChI is InChI=1S/C20H20N2O7/c1-13-16(5-4-6-17(13)22(25)26)21-19(23)12-29-20(24)10-7-14-11-15(27-2)8-9-18(14)28-3/h4-11H,12H2,1-3H3,(H,21,23)/b10-7+. The largest absolute Gasteiger partial charge is 0.497 e. The molecular weight excluding hydrogens is 380 g/mol. The molecule has 0 saturated heterocycles. The van der Waals surface area contributed by atoms with Gasteiger partial charge in [-0.1, -0.05) is 6.07 Å². The van der Waals surface area contributed by atoms with Crippen LogP contribution in [0, 0.1) is 17.0 Å². The van der Waals surface area contributed by atoms with Crippen molar-refractivity contribution in [3.8, 4) is 11.5 Å². The predicted octanol–water partition coefficient (Wildman–Crippen LogP) is 3.12. The number of ether oxygens (including phenoxy) is 3. The van der Waals surface area contributed by atoms with Gasteiger partial charge in [-0.3, -0.25) is 14.9 Å². The molecule has 0 aromatic heterocycles. The van der Waals surface area contributed by atoms with Crippen molar-refractivity contribution in [1.82, 2.24) is 0 Å². The minimum Gasteiger partial charge on any atom is -0.497 e. The maximum Gasteiger partial charge on any atom is 0.331 e. The highest BCUT2D eigenvalue weighted by molar-refractivity contribution is 5.95. The number of hydrogen-bond donors (Lipinski definition) is 1. The maximum atomic E-state index is 12.0. The summed E-state index contributed by atoms with van der Waals surface area (Å²) in [5.74, 6) is -0.227. The van der Waals surface area contributed by atoms with E-state index in [0.717, 1.165) is 6.08 Å². The molecule has 0 aliphatic rings. The van der Waals surface area contributed by atoms with Crippen LogP contribution in [0.25, 0.3) is 6.08 Å². The average molecular weight is 400 g/mol. The molecule has 0 aliphatic carbocycles. The Morgan fingerprint density at radius 2 is 1.93 bits per heavy atom. The van der Waals surface area contributed by atoms with E-state index < -0.39 is 23.4 Å². The third-order valence-corrected chi connectivity index (χ3v) is 3.96. The number of benzene rings is 2. The SMILES string of the molecule is COc1ccc(OC)c(/C=C/C(=O)OCC(=O)Nc2cccc([N+](=O)[O-])c2C)c1. The first-order chi connectivity index (χ1) is 13.8. The van der Waals surface area contributed by atoms with E-state index in [0.29, 0.717) is 22.6 Å². The van der Waals surface area contributed by atoms with Crippen LogP contribution in [0.15, 0.2) is 42.5 Å². The summed E-state index contributed by atoms with van der Waals surface area (Å²) >= 11 is 0. The van der Waals surface area contributed by atoms with Crippen molar-refractivity contribution in [2.75, 3.05) is 26.1 Å². The summed E-state index contributed by atoms with van der Waals surface area (Å²) in [5.41, 5.74) is 1.06. The van der Waals surface area contributed by atoms with Crippen LogP contribution in [0.1, 0.15) is 11.1 Å². The number of nitro groups is 1. The van der Waals surface area contributed by atoms with Crippen molar-refractivity contribution in [3.63, 3.8) is 0 Å². The van der Waals surface area contributed by atoms with Gasteiger partial charge < -0.3 is 19.5 Å². The topological polar surface area (TPSA) is 117 Å². The van der Waals surface area contributed by atoms with Crippen LogP contribution in [-0.2, 0) is 14.3 Å². The highest BCUT2D eigenvalue weighted by Crippen LogP contribution is 2.26. The molecule has 2 rings (SSSR count). The fourth-order valence-corrected chi connectivity index (χ4v) is 2.46. The van der Waals surface area contributed by atoms with E-state index in [-0.39, 0.29) is 11.4 Å². The number of amides is 1. The molecule has 1 amide bonds. The van der Waals surface area contributed by atoms with E-state index in [1.807, 2.05) is 0 Å². The zero-order chi connectivity index (χ0) is 21.4. The van der Waals surface area contributed by atoms with Crippen LogP contribution >= 0.6 is 0 Å². The van der Waals surface area contributed by atoms with Crippen LogP contribution in [0.2, 0.25) is 0 Å². The van der Waals surface area contributed by atoms with E-state index in [4.69, 9.17) is 14.2 Å². The summed E-state index contributed by atoms with van der Waals surface area (Å²) in [4.78, 5) is 34.3. The first kappa shape index (κ1) is 21.4. The molecule has 0 saturated carbocycles. The maximum absolute atomic E-state index is 12.0. The fourth-order valence-electron chi connectivity index (χ4n) is 2.46. The van der Waals surface area contributed by atoms with Crippen molar-refractivity contribution in [2.45, 2.75) is 6.92 Å². The molecule has 9 heteroatoms. The normalized spacial score (nSPS) is 10.4. The lowest BCUT2D eigenvalue weighted by molar-refractivity contribution is -0.385. The van der Waals surface area contributed by atoms with Gasteiger partial charge in [-0.05, 0) is 37.3 Å². The van der Waals surface area contributed by atoms with Gasteiger partial charge in [0.05, 0.1) is 30.4 Å². The molecular formula is C20H20N2O7. The number of nitro benzene ring substituents is 1. The van der Waals surface area contributed by atoms with Gasteiger partial charge in [-0.15, -0.1) is 0 Å². The van der Waals surface area contributed by atoms with Crippen LogP contribution in [0.4, 0.5) is 11.4 Å². The van der Waals surface area contributed by atoms with Crippen LogP contribution in [-0.4, -0.2) is 37.6 Å².